The van der Waals surface area contributed by atoms with Crippen molar-refractivity contribution in [2.24, 2.45) is 0 Å². The summed E-state index contributed by atoms with van der Waals surface area (Å²) in [6.07, 6.45) is 0.887. The van der Waals surface area contributed by atoms with Crippen LogP contribution in [0.4, 0.5) is 0 Å². The molecule has 33 heteroatoms. The first-order chi connectivity index (χ1) is 37.8. The minimum atomic E-state index is -4.92. The van der Waals surface area contributed by atoms with Crippen LogP contribution in [-0.4, -0.2) is 161 Å². The van der Waals surface area contributed by atoms with Crippen molar-refractivity contribution in [3.8, 4) is 0 Å². The molecule has 0 aliphatic rings. The Morgan fingerprint density at radius 2 is 0.541 bits per heavy atom. The van der Waals surface area contributed by atoms with Crippen molar-refractivity contribution in [1.82, 2.24) is 0 Å². The quantitative estimate of drug-likeness (QED) is 0.0182. The zero-order valence-corrected chi connectivity index (χ0v) is 71.0. The first-order valence-corrected chi connectivity index (χ1v) is 66.1. The lowest BCUT2D eigenvalue weighted by Crippen LogP contribution is -2.75. The van der Waals surface area contributed by atoms with E-state index in [-0.39, 0.29) is 86.1 Å². The molecule has 0 N–H and O–H groups in total. The maximum Gasteiger partial charge on any atom is 0.645 e. The third kappa shape index (κ3) is 38.6. The van der Waals surface area contributed by atoms with Crippen LogP contribution < -0.4 is 0 Å². The van der Waals surface area contributed by atoms with Crippen molar-refractivity contribution >= 4 is 135 Å². The number of esters is 4. The third-order valence-corrected chi connectivity index (χ3v) is 53.7. The SMILES string of the molecule is C=C(C)C(=O)OCCC[Si](C)(O[Si](C)(C)O[Si](C)(C)C)O[Si](CCCOC(=O)C(=C)C)(CCCOC(=O)C(=C)C)O[Si](CCCOC(=O)C(=C)C)(O[Si](C)(C)C)O[Si](O[Si](C)(C)C)(O[Si](C)(C)C)O[Si](O[Si](C)(C)C)(O[Si](C)(C)C)O[Si](C)(C)C. The van der Waals surface area contributed by atoms with Crippen LogP contribution in [0.5, 0.6) is 0 Å². The van der Waals surface area contributed by atoms with Gasteiger partial charge in [0.1, 0.15) is 0 Å². The second kappa shape index (κ2) is 33.7. The topological polar surface area (TPSA) is 216 Å². The van der Waals surface area contributed by atoms with E-state index in [1.54, 1.807) is 27.7 Å². The molecule has 0 bridgehead atoms. The monoisotopic (exact) mass is 1420 g/mol. The first kappa shape index (κ1) is 84.2. The molecule has 0 saturated heterocycles. The minimum Gasteiger partial charge on any atom is -0.462 e. The maximum atomic E-state index is 13.2. The fraction of sp³-hybridized carbons (Fsp3) is 0.769. The summed E-state index contributed by atoms with van der Waals surface area (Å²) in [5.74, 6) is -2.26. The Morgan fingerprint density at radius 1 is 0.282 bits per heavy atom. The molecule has 0 spiro atoms. The van der Waals surface area contributed by atoms with Gasteiger partial charge in [-0.25, -0.2) is 19.2 Å². The summed E-state index contributed by atoms with van der Waals surface area (Å²) in [6, 6.07) is 0.576. The Labute approximate surface area is 528 Å². The largest absolute Gasteiger partial charge is 0.645 e. The van der Waals surface area contributed by atoms with Gasteiger partial charge in [-0.1, -0.05) is 26.3 Å². The molecule has 0 amide bonds. The van der Waals surface area contributed by atoms with Crippen molar-refractivity contribution in [2.75, 3.05) is 26.4 Å². The molecule has 85 heavy (non-hydrogen) atoms. The van der Waals surface area contributed by atoms with Crippen LogP contribution in [0.2, 0.25) is 181 Å². The van der Waals surface area contributed by atoms with Crippen molar-refractivity contribution in [1.29, 1.82) is 0 Å². The van der Waals surface area contributed by atoms with Crippen molar-refractivity contribution in [3.63, 3.8) is 0 Å². The molecule has 496 valence electrons. The van der Waals surface area contributed by atoms with Gasteiger partial charge in [-0.15, -0.1) is 0 Å². The lowest BCUT2D eigenvalue weighted by atomic mass is 10.4. The highest BCUT2D eigenvalue weighted by Crippen LogP contribution is 2.42. The van der Waals surface area contributed by atoms with Crippen LogP contribution in [0, 0.1) is 0 Å². The van der Waals surface area contributed by atoms with Gasteiger partial charge in [0.25, 0.3) is 0 Å². The zero-order valence-electron chi connectivity index (χ0n) is 58.0. The number of hydrogen-bond donors (Lipinski definition) is 0. The fourth-order valence-electron chi connectivity index (χ4n) is 8.10. The van der Waals surface area contributed by atoms with Gasteiger partial charge >= 0.3 is 76.5 Å². The number of carbonyl (C=O) groups is 4. The van der Waals surface area contributed by atoms with Gasteiger partial charge in [-0.05, 0) is 229 Å². The molecular weight excluding hydrogens is 1310 g/mol. The Hall–Kier alpha value is -0.821. The van der Waals surface area contributed by atoms with Crippen LogP contribution in [0.1, 0.15) is 53.4 Å². The molecule has 20 nitrogen and oxygen atoms in total. The van der Waals surface area contributed by atoms with E-state index in [9.17, 15) is 19.2 Å². The highest BCUT2D eigenvalue weighted by Gasteiger charge is 2.69. The van der Waals surface area contributed by atoms with Gasteiger partial charge < -0.3 is 68.3 Å². The van der Waals surface area contributed by atoms with E-state index in [2.05, 4.69) is 105 Å². The number of ether oxygens (including phenoxy) is 4. The molecular formula is C52H116O20Si13. The predicted octanol–water partition coefficient (Wildman–Crippen LogP) is 14.1. The molecule has 0 heterocycles. The summed E-state index contributed by atoms with van der Waals surface area (Å²) in [5.41, 5.74) is 0.924. The van der Waals surface area contributed by atoms with Gasteiger partial charge in [0.15, 0.2) is 58.2 Å². The van der Waals surface area contributed by atoms with Crippen LogP contribution in [0.15, 0.2) is 48.6 Å². The lowest BCUT2D eigenvalue weighted by molar-refractivity contribution is -0.139. The van der Waals surface area contributed by atoms with Crippen LogP contribution >= 0.6 is 0 Å². The fourth-order valence-corrected chi connectivity index (χ4v) is 61.5. The number of carbonyl (C=O) groups excluding carboxylic acids is 4. The average molecular weight is 1430 g/mol. The van der Waals surface area contributed by atoms with E-state index in [1.165, 1.54) is 0 Å². The number of rotatable bonds is 44. The molecule has 0 fully saturated rings. The summed E-state index contributed by atoms with van der Waals surface area (Å²) >= 11 is 0. The van der Waals surface area contributed by atoms with E-state index < -0.39 is 135 Å². The molecule has 2 atom stereocenters. The highest BCUT2D eigenvalue weighted by molar-refractivity contribution is 6.96. The molecule has 0 aromatic heterocycles. The Balaban J connectivity index is 9.97. The summed E-state index contributed by atoms with van der Waals surface area (Å²) in [7, 11) is -44.2. The van der Waals surface area contributed by atoms with E-state index in [0.717, 1.165) is 0 Å². The van der Waals surface area contributed by atoms with Gasteiger partial charge in [-0.3, -0.25) is 0 Å². The Kier molecular flexibility index (Phi) is 33.3. The molecule has 2 unspecified atom stereocenters. The van der Waals surface area contributed by atoms with E-state index in [4.69, 9.17) is 68.3 Å². The second-order valence-electron chi connectivity index (χ2n) is 29.2. The Morgan fingerprint density at radius 3 is 0.812 bits per heavy atom. The standard InChI is InChI=1S/C52H116O20Si13/c1-45(2)49(53)57-37-33-41-81(32,68-80(30,31)61-73(9,10)11)69-82(42-34-38-58-50(54)46(3)4,43-35-39-59-51(55)47(5)6)70-83(62-74(12,13)14,44-36-40-60-52(56)48(7)8)71-85(66-78(24,25)26,67-79(27,28)29)72-84(63-75(15,16)17,64-76(18,19)20)65-77(21,22)23/h1,3,5,7,33-44H2,2,4,6,8-32H3. The van der Waals surface area contributed by atoms with E-state index in [1.807, 2.05) is 78.6 Å². The molecule has 0 saturated carbocycles. The van der Waals surface area contributed by atoms with Crippen LogP contribution in [-0.2, 0) is 87.5 Å². The van der Waals surface area contributed by atoms with Crippen LogP contribution in [0.25, 0.3) is 0 Å². The zero-order chi connectivity index (χ0) is 66.9. The van der Waals surface area contributed by atoms with Gasteiger partial charge in [0.05, 0.1) is 26.4 Å². The summed E-state index contributed by atoms with van der Waals surface area (Å²) < 4.78 is 114. The summed E-state index contributed by atoms with van der Waals surface area (Å²) in [6.45, 7) is 70.3. The lowest BCUT2D eigenvalue weighted by Gasteiger charge is -2.51. The molecule has 0 radical (unpaired) electrons. The smallest absolute Gasteiger partial charge is 0.462 e. The first-order valence-electron chi connectivity index (χ1n) is 29.5. The van der Waals surface area contributed by atoms with Crippen molar-refractivity contribution < 1.29 is 87.5 Å². The predicted molar refractivity (Wildman–Crippen MR) is 369 cm³/mol. The average Bonchev–Trinajstić information content (AvgIpc) is 3.21. The van der Waals surface area contributed by atoms with Crippen molar-refractivity contribution in [3.05, 3.63) is 48.6 Å². The van der Waals surface area contributed by atoms with Crippen LogP contribution in [0.3, 0.4) is 0 Å². The second-order valence-corrected chi connectivity index (χ2v) is 80.8. The van der Waals surface area contributed by atoms with Gasteiger partial charge in [-0.2, -0.15) is 0 Å². The number of hydrogen-bond acceptors (Lipinski definition) is 20. The highest BCUT2D eigenvalue weighted by atomic mass is 28.6. The third-order valence-electron chi connectivity index (χ3n) is 10.0. The van der Waals surface area contributed by atoms with E-state index >= 15 is 0 Å². The maximum absolute atomic E-state index is 13.2. The molecule has 0 aliphatic heterocycles. The minimum absolute atomic E-state index is 0.00147. The molecule has 0 aromatic rings. The molecule has 0 aliphatic carbocycles. The molecule has 0 rings (SSSR count). The normalized spacial score (nSPS) is 15.1. The molecule has 0 aromatic carbocycles. The van der Waals surface area contributed by atoms with E-state index in [0.29, 0.717) is 12.5 Å². The van der Waals surface area contributed by atoms with Crippen molar-refractivity contribution in [2.45, 2.75) is 235 Å². The summed E-state index contributed by atoms with van der Waals surface area (Å²) in [5, 5.41) is 0. The Bertz CT molecular complexity index is 2150. The van der Waals surface area contributed by atoms with Gasteiger partial charge in [0.2, 0.25) is 0 Å². The van der Waals surface area contributed by atoms with Gasteiger partial charge in [0, 0.05) is 28.3 Å². The summed E-state index contributed by atoms with van der Waals surface area (Å²) in [4.78, 5) is 52.2.